The third kappa shape index (κ3) is 7.03. The molecule has 0 saturated carbocycles. The minimum atomic E-state index is -0.605. The number of para-hydroxylation sites is 1. The molecular weight excluding hydrogens is 368 g/mol. The molecular formula is C23H22N2O4. The summed E-state index contributed by atoms with van der Waals surface area (Å²) in [6.45, 7) is -0.219. The lowest BCUT2D eigenvalue weighted by Gasteiger charge is -2.09. The largest absolute Gasteiger partial charge is 0.482 e. The normalized spacial score (nSPS) is 10.1. The lowest BCUT2D eigenvalue weighted by Crippen LogP contribution is -2.29. The summed E-state index contributed by atoms with van der Waals surface area (Å²) in [7, 11) is 0. The van der Waals surface area contributed by atoms with Gasteiger partial charge in [0.1, 0.15) is 5.75 Å². The molecule has 0 spiro atoms. The zero-order valence-corrected chi connectivity index (χ0v) is 15.8. The van der Waals surface area contributed by atoms with Gasteiger partial charge < -0.3 is 20.1 Å². The lowest BCUT2D eigenvalue weighted by molar-refractivity contribution is -0.150. The van der Waals surface area contributed by atoms with E-state index in [1.54, 1.807) is 12.1 Å². The topological polar surface area (TPSA) is 76.7 Å². The summed E-state index contributed by atoms with van der Waals surface area (Å²) < 4.78 is 10.3. The number of carbonyl (C=O) groups excluding carboxylic acids is 2. The Kier molecular flexibility index (Phi) is 7.23. The van der Waals surface area contributed by atoms with Crippen LogP contribution in [0, 0.1) is 0 Å². The maximum absolute atomic E-state index is 11.8. The monoisotopic (exact) mass is 390 g/mol. The molecule has 2 N–H and O–H groups in total. The summed E-state index contributed by atoms with van der Waals surface area (Å²) in [5.74, 6) is -0.431. The predicted octanol–water partition coefficient (Wildman–Crippen LogP) is 3.67. The maximum Gasteiger partial charge on any atom is 0.344 e. The summed E-state index contributed by atoms with van der Waals surface area (Å²) >= 11 is 0. The van der Waals surface area contributed by atoms with E-state index in [1.165, 1.54) is 0 Å². The minimum Gasteiger partial charge on any atom is -0.482 e. The van der Waals surface area contributed by atoms with Gasteiger partial charge in [-0.3, -0.25) is 4.79 Å². The Morgan fingerprint density at radius 3 is 2.03 bits per heavy atom. The van der Waals surface area contributed by atoms with Gasteiger partial charge in [-0.05, 0) is 42.0 Å². The van der Waals surface area contributed by atoms with Crippen molar-refractivity contribution in [2.24, 2.45) is 0 Å². The molecule has 3 rings (SSSR count). The second-order valence-corrected chi connectivity index (χ2v) is 6.23. The van der Waals surface area contributed by atoms with Crippen molar-refractivity contribution >= 4 is 23.3 Å². The highest BCUT2D eigenvalue weighted by atomic mass is 16.6. The van der Waals surface area contributed by atoms with Crippen molar-refractivity contribution in [3.8, 4) is 5.75 Å². The molecule has 6 heteroatoms. The van der Waals surface area contributed by atoms with Crippen molar-refractivity contribution in [2.45, 2.75) is 6.54 Å². The Morgan fingerprint density at radius 2 is 1.34 bits per heavy atom. The van der Waals surface area contributed by atoms with Gasteiger partial charge in [-0.25, -0.2) is 4.79 Å². The van der Waals surface area contributed by atoms with Crippen molar-refractivity contribution in [3.05, 3.63) is 90.5 Å². The SMILES string of the molecule is O=C(COC(=O)COc1ccc(Nc2ccccc2)cc1)NCc1ccccc1. The van der Waals surface area contributed by atoms with E-state index < -0.39 is 5.97 Å². The molecule has 148 valence electrons. The third-order valence-corrected chi connectivity index (χ3v) is 3.97. The van der Waals surface area contributed by atoms with Gasteiger partial charge in [0, 0.05) is 17.9 Å². The molecule has 6 nitrogen and oxygen atoms in total. The van der Waals surface area contributed by atoms with Crippen LogP contribution in [0.1, 0.15) is 5.56 Å². The number of nitrogens with one attached hydrogen (secondary N) is 2. The van der Waals surface area contributed by atoms with Gasteiger partial charge in [-0.1, -0.05) is 48.5 Å². The highest BCUT2D eigenvalue weighted by molar-refractivity contribution is 5.80. The zero-order chi connectivity index (χ0) is 20.3. The molecule has 0 aliphatic carbocycles. The number of anilines is 2. The van der Waals surface area contributed by atoms with Crippen LogP contribution in [-0.2, 0) is 20.9 Å². The van der Waals surface area contributed by atoms with E-state index in [0.29, 0.717) is 12.3 Å². The van der Waals surface area contributed by atoms with Crippen molar-refractivity contribution < 1.29 is 19.1 Å². The van der Waals surface area contributed by atoms with Crippen LogP contribution in [0.3, 0.4) is 0 Å². The Bertz CT molecular complexity index is 913. The molecule has 3 aromatic carbocycles. The second-order valence-electron chi connectivity index (χ2n) is 6.23. The van der Waals surface area contributed by atoms with Gasteiger partial charge in [0.2, 0.25) is 0 Å². The Hall–Kier alpha value is -3.80. The summed E-state index contributed by atoms with van der Waals surface area (Å²) in [5, 5.41) is 5.95. The van der Waals surface area contributed by atoms with Gasteiger partial charge in [-0.15, -0.1) is 0 Å². The standard InChI is InChI=1S/C23H22N2O4/c26-22(24-15-18-7-3-1-4-8-18)16-29-23(27)17-28-21-13-11-20(12-14-21)25-19-9-5-2-6-10-19/h1-14,25H,15-17H2,(H,24,26). The number of amides is 1. The van der Waals surface area contributed by atoms with Gasteiger partial charge in [-0.2, -0.15) is 0 Å². The fourth-order valence-electron chi connectivity index (χ4n) is 2.50. The molecule has 0 radical (unpaired) electrons. The second kappa shape index (κ2) is 10.5. The van der Waals surface area contributed by atoms with Crippen LogP contribution < -0.4 is 15.4 Å². The number of esters is 1. The Balaban J connectivity index is 1.35. The van der Waals surface area contributed by atoms with Crippen molar-refractivity contribution in [3.63, 3.8) is 0 Å². The molecule has 0 unspecified atom stereocenters. The predicted molar refractivity (Wildman–Crippen MR) is 111 cm³/mol. The first-order valence-corrected chi connectivity index (χ1v) is 9.20. The smallest absolute Gasteiger partial charge is 0.344 e. The average Bonchev–Trinajstić information content (AvgIpc) is 2.77. The van der Waals surface area contributed by atoms with Gasteiger partial charge in [0.15, 0.2) is 13.2 Å². The highest BCUT2D eigenvalue weighted by Crippen LogP contribution is 2.19. The summed E-state index contributed by atoms with van der Waals surface area (Å²) in [6.07, 6.45) is 0. The van der Waals surface area contributed by atoms with Crippen molar-refractivity contribution in [2.75, 3.05) is 18.5 Å². The van der Waals surface area contributed by atoms with Crippen molar-refractivity contribution in [1.82, 2.24) is 5.32 Å². The van der Waals surface area contributed by atoms with E-state index in [4.69, 9.17) is 9.47 Å². The Labute approximate surface area is 169 Å². The van der Waals surface area contributed by atoms with E-state index in [2.05, 4.69) is 10.6 Å². The van der Waals surface area contributed by atoms with Crippen LogP contribution in [-0.4, -0.2) is 25.1 Å². The third-order valence-electron chi connectivity index (χ3n) is 3.97. The Morgan fingerprint density at radius 1 is 0.724 bits per heavy atom. The highest BCUT2D eigenvalue weighted by Gasteiger charge is 2.08. The summed E-state index contributed by atoms with van der Waals surface area (Å²) in [4.78, 5) is 23.5. The average molecular weight is 390 g/mol. The maximum atomic E-state index is 11.8. The van der Waals surface area contributed by atoms with Crippen LogP contribution in [0.15, 0.2) is 84.9 Å². The van der Waals surface area contributed by atoms with Gasteiger partial charge in [0.25, 0.3) is 5.91 Å². The number of benzene rings is 3. The zero-order valence-electron chi connectivity index (χ0n) is 15.8. The van der Waals surface area contributed by atoms with E-state index in [0.717, 1.165) is 16.9 Å². The van der Waals surface area contributed by atoms with E-state index in [1.807, 2.05) is 72.8 Å². The molecule has 3 aromatic rings. The molecule has 0 bridgehead atoms. The molecule has 29 heavy (non-hydrogen) atoms. The molecule has 0 saturated heterocycles. The quantitative estimate of drug-likeness (QED) is 0.545. The fraction of sp³-hybridized carbons (Fsp3) is 0.130. The summed E-state index contributed by atoms with van der Waals surface area (Å²) in [5.41, 5.74) is 2.86. The van der Waals surface area contributed by atoms with Crippen molar-refractivity contribution in [1.29, 1.82) is 0 Å². The van der Waals surface area contributed by atoms with Crippen LogP contribution in [0.25, 0.3) is 0 Å². The number of hydrogen-bond acceptors (Lipinski definition) is 5. The number of hydrogen-bond donors (Lipinski definition) is 2. The van der Waals surface area contributed by atoms with Crippen LogP contribution in [0.2, 0.25) is 0 Å². The first-order valence-electron chi connectivity index (χ1n) is 9.20. The van der Waals surface area contributed by atoms with E-state index in [-0.39, 0.29) is 19.1 Å². The molecule has 0 aliphatic rings. The molecule has 0 atom stereocenters. The molecule has 0 aromatic heterocycles. The lowest BCUT2D eigenvalue weighted by atomic mass is 10.2. The first-order chi connectivity index (χ1) is 14.2. The molecule has 0 fully saturated rings. The van der Waals surface area contributed by atoms with Crippen LogP contribution in [0.5, 0.6) is 5.75 Å². The van der Waals surface area contributed by atoms with E-state index in [9.17, 15) is 9.59 Å². The number of carbonyl (C=O) groups is 2. The van der Waals surface area contributed by atoms with Crippen LogP contribution >= 0.6 is 0 Å². The molecule has 0 aliphatic heterocycles. The number of ether oxygens (including phenoxy) is 2. The van der Waals surface area contributed by atoms with Gasteiger partial charge in [0.05, 0.1) is 0 Å². The minimum absolute atomic E-state index is 0.266. The molecule has 1 amide bonds. The summed E-state index contributed by atoms with van der Waals surface area (Å²) in [6, 6.07) is 26.5. The fourth-order valence-corrected chi connectivity index (χ4v) is 2.50. The molecule has 0 heterocycles. The van der Waals surface area contributed by atoms with Crippen LogP contribution in [0.4, 0.5) is 11.4 Å². The first kappa shape index (κ1) is 19.9. The van der Waals surface area contributed by atoms with E-state index >= 15 is 0 Å². The van der Waals surface area contributed by atoms with Gasteiger partial charge >= 0.3 is 5.97 Å². The number of rotatable bonds is 9.